The molecule has 2 N–H and O–H groups in total. The van der Waals surface area contributed by atoms with Crippen LogP contribution in [0.4, 0.5) is 0 Å². The van der Waals surface area contributed by atoms with E-state index in [0.717, 1.165) is 23.3 Å². The number of para-hydroxylation sites is 2. The van der Waals surface area contributed by atoms with Gasteiger partial charge in [-0.3, -0.25) is 4.79 Å². The van der Waals surface area contributed by atoms with Gasteiger partial charge in [-0.1, -0.05) is 31.9 Å². The van der Waals surface area contributed by atoms with E-state index in [1.807, 2.05) is 24.3 Å². The summed E-state index contributed by atoms with van der Waals surface area (Å²) in [5, 5.41) is 3.19. The summed E-state index contributed by atoms with van der Waals surface area (Å²) in [6.45, 7) is 2.24. The molecule has 0 bridgehead atoms. The van der Waals surface area contributed by atoms with Crippen LogP contribution in [0.1, 0.15) is 44.9 Å². The average molecular weight is 285 g/mol. The summed E-state index contributed by atoms with van der Waals surface area (Å²) in [5.41, 5.74) is 2.00. The predicted octanol–water partition coefficient (Wildman–Crippen LogP) is 3.19. The van der Waals surface area contributed by atoms with Crippen LogP contribution in [0.25, 0.3) is 11.0 Å². The fourth-order valence-corrected chi connectivity index (χ4v) is 3.17. The van der Waals surface area contributed by atoms with Gasteiger partial charge in [-0.25, -0.2) is 4.98 Å². The SMILES string of the molecule is CC1CCCCC1NC(=O)CCc1nc2ccccc2[nH]1. The first-order valence-electron chi connectivity index (χ1n) is 7.95. The van der Waals surface area contributed by atoms with Gasteiger partial charge in [0.2, 0.25) is 5.91 Å². The van der Waals surface area contributed by atoms with Crippen molar-refractivity contribution < 1.29 is 4.79 Å². The lowest BCUT2D eigenvalue weighted by atomic mass is 9.86. The van der Waals surface area contributed by atoms with Gasteiger partial charge in [-0.2, -0.15) is 0 Å². The molecule has 112 valence electrons. The first-order chi connectivity index (χ1) is 10.2. The molecule has 1 aromatic heterocycles. The molecular weight excluding hydrogens is 262 g/mol. The zero-order valence-electron chi connectivity index (χ0n) is 12.6. The number of carbonyl (C=O) groups excluding carboxylic acids is 1. The number of H-pyrrole nitrogens is 1. The fraction of sp³-hybridized carbons (Fsp3) is 0.529. The molecule has 4 nitrogen and oxygen atoms in total. The molecule has 1 amide bonds. The number of benzene rings is 1. The Morgan fingerprint density at radius 1 is 1.33 bits per heavy atom. The summed E-state index contributed by atoms with van der Waals surface area (Å²) >= 11 is 0. The third kappa shape index (κ3) is 3.43. The van der Waals surface area contributed by atoms with Crippen molar-refractivity contribution in [1.29, 1.82) is 0 Å². The third-order valence-electron chi connectivity index (χ3n) is 4.49. The minimum Gasteiger partial charge on any atom is -0.353 e. The topological polar surface area (TPSA) is 57.8 Å². The van der Waals surface area contributed by atoms with Crippen molar-refractivity contribution >= 4 is 16.9 Å². The van der Waals surface area contributed by atoms with Crippen LogP contribution in [-0.2, 0) is 11.2 Å². The monoisotopic (exact) mass is 285 g/mol. The molecule has 1 saturated carbocycles. The zero-order chi connectivity index (χ0) is 14.7. The molecule has 2 aromatic rings. The highest BCUT2D eigenvalue weighted by atomic mass is 16.1. The summed E-state index contributed by atoms with van der Waals surface area (Å²) in [6, 6.07) is 8.32. The minimum absolute atomic E-state index is 0.147. The molecule has 4 heteroatoms. The average Bonchev–Trinajstić information content (AvgIpc) is 2.90. The Bertz CT molecular complexity index is 586. The van der Waals surface area contributed by atoms with E-state index in [4.69, 9.17) is 0 Å². The van der Waals surface area contributed by atoms with Crippen molar-refractivity contribution in [3.8, 4) is 0 Å². The molecule has 3 rings (SSSR count). The summed E-state index contributed by atoms with van der Waals surface area (Å²) in [7, 11) is 0. The molecule has 1 aliphatic rings. The maximum absolute atomic E-state index is 12.1. The highest BCUT2D eigenvalue weighted by molar-refractivity contribution is 5.77. The summed E-state index contributed by atoms with van der Waals surface area (Å²) in [6.07, 6.45) is 6.06. The Morgan fingerprint density at radius 2 is 2.14 bits per heavy atom. The second-order valence-corrected chi connectivity index (χ2v) is 6.14. The van der Waals surface area contributed by atoms with Crippen molar-refractivity contribution in [2.75, 3.05) is 0 Å². The number of aromatic nitrogens is 2. The van der Waals surface area contributed by atoms with Crippen molar-refractivity contribution in [2.45, 2.75) is 51.5 Å². The molecule has 21 heavy (non-hydrogen) atoms. The normalized spacial score (nSPS) is 22.3. The number of aromatic amines is 1. The van der Waals surface area contributed by atoms with Crippen LogP contribution >= 0.6 is 0 Å². The Hall–Kier alpha value is -1.84. The summed E-state index contributed by atoms with van der Waals surface area (Å²) < 4.78 is 0. The van der Waals surface area contributed by atoms with Crippen LogP contribution < -0.4 is 5.32 Å². The van der Waals surface area contributed by atoms with Gasteiger partial charge in [-0.05, 0) is 30.9 Å². The molecule has 2 unspecified atom stereocenters. The van der Waals surface area contributed by atoms with Gasteiger partial charge < -0.3 is 10.3 Å². The number of hydrogen-bond donors (Lipinski definition) is 2. The van der Waals surface area contributed by atoms with Gasteiger partial charge in [0.25, 0.3) is 0 Å². The molecule has 0 radical (unpaired) electrons. The Labute approximate surface area is 125 Å². The van der Waals surface area contributed by atoms with Crippen molar-refractivity contribution in [2.24, 2.45) is 5.92 Å². The van der Waals surface area contributed by atoms with Crippen LogP contribution in [0.2, 0.25) is 0 Å². The van der Waals surface area contributed by atoms with E-state index in [0.29, 0.717) is 24.8 Å². The van der Waals surface area contributed by atoms with Gasteiger partial charge in [0.15, 0.2) is 0 Å². The number of aryl methyl sites for hydroxylation is 1. The van der Waals surface area contributed by atoms with E-state index in [1.54, 1.807) is 0 Å². The Kier molecular flexibility index (Phi) is 4.23. The number of imidazole rings is 1. The summed E-state index contributed by atoms with van der Waals surface area (Å²) in [4.78, 5) is 19.9. The number of carbonyl (C=O) groups is 1. The first kappa shape index (κ1) is 14.1. The Morgan fingerprint density at radius 3 is 2.95 bits per heavy atom. The highest BCUT2D eigenvalue weighted by Gasteiger charge is 2.22. The van der Waals surface area contributed by atoms with E-state index in [9.17, 15) is 4.79 Å². The maximum atomic E-state index is 12.1. The number of hydrogen-bond acceptors (Lipinski definition) is 2. The maximum Gasteiger partial charge on any atom is 0.220 e. The molecule has 0 spiro atoms. The number of fused-ring (bicyclic) bond motifs is 1. The molecule has 1 fully saturated rings. The lowest BCUT2D eigenvalue weighted by Gasteiger charge is -2.29. The van der Waals surface area contributed by atoms with Gasteiger partial charge in [0.05, 0.1) is 11.0 Å². The van der Waals surface area contributed by atoms with Crippen molar-refractivity contribution in [3.05, 3.63) is 30.1 Å². The van der Waals surface area contributed by atoms with Crippen molar-refractivity contribution in [3.63, 3.8) is 0 Å². The zero-order valence-corrected chi connectivity index (χ0v) is 12.6. The van der Waals surface area contributed by atoms with E-state index >= 15 is 0 Å². The third-order valence-corrected chi connectivity index (χ3v) is 4.49. The van der Waals surface area contributed by atoms with E-state index in [1.165, 1.54) is 19.3 Å². The molecule has 1 heterocycles. The molecular formula is C17H23N3O. The smallest absolute Gasteiger partial charge is 0.220 e. The number of rotatable bonds is 4. The first-order valence-corrected chi connectivity index (χ1v) is 7.95. The fourth-order valence-electron chi connectivity index (χ4n) is 3.17. The lowest BCUT2D eigenvalue weighted by molar-refractivity contribution is -0.122. The van der Waals surface area contributed by atoms with Gasteiger partial charge in [0, 0.05) is 18.9 Å². The lowest BCUT2D eigenvalue weighted by Crippen LogP contribution is -2.41. The molecule has 1 aromatic carbocycles. The standard InChI is InChI=1S/C17H23N3O/c1-12-6-2-3-7-13(12)20-17(21)11-10-16-18-14-8-4-5-9-15(14)19-16/h4-5,8-9,12-13H,2-3,6-7,10-11H2,1H3,(H,18,19)(H,20,21). The summed E-state index contributed by atoms with van der Waals surface area (Å²) in [5.74, 6) is 1.64. The minimum atomic E-state index is 0.147. The number of nitrogens with zero attached hydrogens (tertiary/aromatic N) is 1. The highest BCUT2D eigenvalue weighted by Crippen LogP contribution is 2.23. The second kappa shape index (κ2) is 6.29. The quantitative estimate of drug-likeness (QED) is 0.906. The number of nitrogens with one attached hydrogen (secondary N) is 2. The van der Waals surface area contributed by atoms with Crippen LogP contribution in [0, 0.1) is 5.92 Å². The predicted molar refractivity (Wildman–Crippen MR) is 84.0 cm³/mol. The molecule has 2 atom stereocenters. The largest absolute Gasteiger partial charge is 0.353 e. The van der Waals surface area contributed by atoms with Gasteiger partial charge >= 0.3 is 0 Å². The van der Waals surface area contributed by atoms with E-state index < -0.39 is 0 Å². The Balaban J connectivity index is 1.53. The van der Waals surface area contributed by atoms with Crippen LogP contribution in [0.15, 0.2) is 24.3 Å². The van der Waals surface area contributed by atoms with Crippen LogP contribution in [0.3, 0.4) is 0 Å². The van der Waals surface area contributed by atoms with E-state index in [2.05, 4.69) is 22.2 Å². The van der Waals surface area contributed by atoms with Crippen LogP contribution in [0.5, 0.6) is 0 Å². The van der Waals surface area contributed by atoms with E-state index in [-0.39, 0.29) is 5.91 Å². The molecule has 1 aliphatic carbocycles. The number of amides is 1. The van der Waals surface area contributed by atoms with Crippen molar-refractivity contribution in [1.82, 2.24) is 15.3 Å². The molecule has 0 saturated heterocycles. The van der Waals surface area contributed by atoms with Gasteiger partial charge in [-0.15, -0.1) is 0 Å². The molecule has 0 aliphatic heterocycles. The van der Waals surface area contributed by atoms with Gasteiger partial charge in [0.1, 0.15) is 5.82 Å². The second-order valence-electron chi connectivity index (χ2n) is 6.14. The van der Waals surface area contributed by atoms with Crippen LogP contribution in [-0.4, -0.2) is 21.9 Å².